The molecule has 0 saturated carbocycles. The highest BCUT2D eigenvalue weighted by atomic mass is 32.1. The van der Waals surface area contributed by atoms with Crippen LogP contribution in [0.25, 0.3) is 10.1 Å². The molecule has 4 heteroatoms. The number of rotatable bonds is 6. The van der Waals surface area contributed by atoms with Crippen molar-refractivity contribution in [1.29, 1.82) is 0 Å². The molecule has 3 nitrogen and oxygen atoms in total. The highest BCUT2D eigenvalue weighted by molar-refractivity contribution is 7.19. The van der Waals surface area contributed by atoms with Gasteiger partial charge in [-0.25, -0.2) is 0 Å². The maximum absolute atomic E-state index is 5.94. The first-order valence-electron chi connectivity index (χ1n) is 7.88. The van der Waals surface area contributed by atoms with Gasteiger partial charge >= 0.3 is 0 Å². The second kappa shape index (κ2) is 7.36. The molecule has 0 unspecified atom stereocenters. The second-order valence-corrected chi connectivity index (χ2v) is 6.80. The molecule has 0 bridgehead atoms. The number of hydrogen-bond acceptors (Lipinski definition) is 4. The zero-order valence-corrected chi connectivity index (χ0v) is 13.3. The van der Waals surface area contributed by atoms with Crippen molar-refractivity contribution in [3.8, 4) is 0 Å². The molecule has 0 aliphatic carbocycles. The molecule has 1 saturated heterocycles. The minimum absolute atomic E-state index is 0.601. The quantitative estimate of drug-likeness (QED) is 0.832. The lowest BCUT2D eigenvalue weighted by atomic mass is 10.1. The van der Waals surface area contributed by atoms with Crippen LogP contribution in [0.5, 0.6) is 0 Å². The molecule has 1 fully saturated rings. The number of nitrogens with two attached hydrogens (primary N) is 1. The van der Waals surface area contributed by atoms with Crippen molar-refractivity contribution < 1.29 is 4.74 Å². The van der Waals surface area contributed by atoms with Gasteiger partial charge in [-0.3, -0.25) is 0 Å². The Morgan fingerprint density at radius 3 is 2.76 bits per heavy atom. The smallest absolute Gasteiger partial charge is 0.0734 e. The van der Waals surface area contributed by atoms with E-state index in [-0.39, 0.29) is 0 Å². The monoisotopic (exact) mass is 304 g/mol. The highest BCUT2D eigenvalue weighted by Gasteiger charge is 2.12. The van der Waals surface area contributed by atoms with E-state index in [4.69, 9.17) is 10.5 Å². The number of fused-ring (bicyclic) bond motifs is 1. The van der Waals surface area contributed by atoms with Crippen molar-refractivity contribution in [1.82, 2.24) is 4.90 Å². The van der Waals surface area contributed by atoms with Crippen molar-refractivity contribution in [2.75, 3.05) is 26.2 Å². The van der Waals surface area contributed by atoms with Gasteiger partial charge in [-0.1, -0.05) is 24.6 Å². The van der Waals surface area contributed by atoms with Crippen LogP contribution in [0.1, 0.15) is 29.7 Å². The predicted octanol–water partition coefficient (Wildman–Crippen LogP) is 3.36. The van der Waals surface area contributed by atoms with Crippen molar-refractivity contribution in [3.05, 3.63) is 34.7 Å². The molecule has 21 heavy (non-hydrogen) atoms. The molecule has 0 radical (unpaired) electrons. The van der Waals surface area contributed by atoms with Gasteiger partial charge < -0.3 is 15.4 Å². The Hall–Kier alpha value is -0.940. The van der Waals surface area contributed by atoms with E-state index >= 15 is 0 Å². The molecule has 2 heterocycles. The first kappa shape index (κ1) is 15.0. The number of piperidine rings is 1. The van der Waals surface area contributed by atoms with Gasteiger partial charge in [0.15, 0.2) is 0 Å². The Morgan fingerprint density at radius 1 is 1.14 bits per heavy atom. The van der Waals surface area contributed by atoms with Crippen molar-refractivity contribution in [2.24, 2.45) is 5.73 Å². The van der Waals surface area contributed by atoms with Crippen LogP contribution in [0.4, 0.5) is 0 Å². The maximum Gasteiger partial charge on any atom is 0.0734 e. The Kier molecular flexibility index (Phi) is 5.25. The molecule has 1 aromatic carbocycles. The molecule has 0 amide bonds. The van der Waals surface area contributed by atoms with Gasteiger partial charge in [-0.2, -0.15) is 0 Å². The molecule has 114 valence electrons. The number of thiophene rings is 1. The molecule has 3 rings (SSSR count). The van der Waals surface area contributed by atoms with Gasteiger partial charge in [-0.15, -0.1) is 11.3 Å². The molecule has 0 atom stereocenters. The summed E-state index contributed by atoms with van der Waals surface area (Å²) in [6.07, 6.45) is 4.07. The number of ether oxygens (including phenoxy) is 1. The number of nitrogens with zero attached hydrogens (tertiary/aromatic N) is 1. The number of likely N-dealkylation sites (tertiary alicyclic amines) is 1. The Labute approximate surface area is 130 Å². The fraction of sp³-hybridized carbons (Fsp3) is 0.529. The average Bonchev–Trinajstić information content (AvgIpc) is 2.90. The van der Waals surface area contributed by atoms with E-state index in [0.717, 1.165) is 13.2 Å². The minimum Gasteiger partial charge on any atom is -0.375 e. The van der Waals surface area contributed by atoms with Crippen molar-refractivity contribution >= 4 is 21.4 Å². The lowest BCUT2D eigenvalue weighted by molar-refractivity contribution is 0.0867. The summed E-state index contributed by atoms with van der Waals surface area (Å²) in [6, 6.07) is 8.51. The Bertz CT molecular complexity index is 575. The van der Waals surface area contributed by atoms with Crippen LogP contribution in [0, 0.1) is 0 Å². The third-order valence-electron chi connectivity index (χ3n) is 4.21. The summed E-state index contributed by atoms with van der Waals surface area (Å²) in [4.78, 5) is 3.77. The molecule has 2 N–H and O–H groups in total. The minimum atomic E-state index is 0.601. The lowest BCUT2D eigenvalue weighted by Gasteiger charge is -2.26. The van der Waals surface area contributed by atoms with E-state index in [9.17, 15) is 0 Å². The zero-order valence-electron chi connectivity index (χ0n) is 12.5. The first-order valence-corrected chi connectivity index (χ1v) is 8.69. The maximum atomic E-state index is 5.94. The van der Waals surface area contributed by atoms with E-state index < -0.39 is 0 Å². The van der Waals surface area contributed by atoms with E-state index in [0.29, 0.717) is 13.2 Å². The molecule has 1 aliphatic rings. The van der Waals surface area contributed by atoms with E-state index in [2.05, 4.69) is 29.2 Å². The third kappa shape index (κ3) is 3.64. The van der Waals surface area contributed by atoms with Crippen LogP contribution in [0.2, 0.25) is 0 Å². The van der Waals surface area contributed by atoms with Crippen LogP contribution in [-0.2, 0) is 17.9 Å². The topological polar surface area (TPSA) is 38.5 Å². The number of benzene rings is 1. The van der Waals surface area contributed by atoms with Crippen LogP contribution in [0.3, 0.4) is 0 Å². The summed E-state index contributed by atoms with van der Waals surface area (Å²) < 4.78 is 7.25. The van der Waals surface area contributed by atoms with Crippen LogP contribution >= 0.6 is 11.3 Å². The third-order valence-corrected chi connectivity index (χ3v) is 5.45. The molecule has 1 aliphatic heterocycles. The zero-order chi connectivity index (χ0) is 14.5. The first-order chi connectivity index (χ1) is 10.4. The fourth-order valence-corrected chi connectivity index (χ4v) is 4.11. The van der Waals surface area contributed by atoms with Gasteiger partial charge in [0.2, 0.25) is 0 Å². The molecular weight excluding hydrogens is 280 g/mol. The molecular formula is C17H24N2OS. The highest BCUT2D eigenvalue weighted by Crippen LogP contribution is 2.31. The van der Waals surface area contributed by atoms with E-state index in [1.54, 1.807) is 11.3 Å². The largest absolute Gasteiger partial charge is 0.375 e. The summed E-state index contributed by atoms with van der Waals surface area (Å²) in [5, 5.41) is 1.31. The average molecular weight is 304 g/mol. The van der Waals surface area contributed by atoms with Crippen LogP contribution in [0.15, 0.2) is 24.3 Å². The summed E-state index contributed by atoms with van der Waals surface area (Å²) in [5.41, 5.74) is 7.17. The van der Waals surface area contributed by atoms with E-state index in [1.165, 1.54) is 52.9 Å². The predicted molar refractivity (Wildman–Crippen MR) is 89.7 cm³/mol. The summed E-state index contributed by atoms with van der Waals surface area (Å²) in [7, 11) is 0. The standard InChI is InChI=1S/C17H24N2OS/c18-12-17-15(14-6-2-3-7-16(14)21-17)13-20-11-10-19-8-4-1-5-9-19/h2-3,6-7H,1,4-5,8-13,18H2. The normalized spacial score (nSPS) is 16.6. The molecule has 0 spiro atoms. The van der Waals surface area contributed by atoms with Crippen molar-refractivity contribution in [2.45, 2.75) is 32.4 Å². The summed E-state index contributed by atoms with van der Waals surface area (Å²) in [6.45, 7) is 5.63. The van der Waals surface area contributed by atoms with E-state index in [1.807, 2.05) is 0 Å². The molecule has 2 aromatic rings. The SMILES string of the molecule is NCc1sc2ccccc2c1COCCN1CCCCC1. The number of hydrogen-bond donors (Lipinski definition) is 1. The fourth-order valence-electron chi connectivity index (χ4n) is 3.02. The van der Waals surface area contributed by atoms with Gasteiger partial charge in [0.1, 0.15) is 0 Å². The van der Waals surface area contributed by atoms with Crippen LogP contribution in [-0.4, -0.2) is 31.1 Å². The molecule has 1 aromatic heterocycles. The second-order valence-electron chi connectivity index (χ2n) is 5.66. The Balaban J connectivity index is 1.57. The Morgan fingerprint density at radius 2 is 1.95 bits per heavy atom. The summed E-state index contributed by atoms with van der Waals surface area (Å²) >= 11 is 1.79. The van der Waals surface area contributed by atoms with Gasteiger partial charge in [-0.05, 0) is 37.4 Å². The van der Waals surface area contributed by atoms with Crippen LogP contribution < -0.4 is 5.73 Å². The van der Waals surface area contributed by atoms with Gasteiger partial charge in [0.25, 0.3) is 0 Å². The van der Waals surface area contributed by atoms with Crippen molar-refractivity contribution in [3.63, 3.8) is 0 Å². The summed E-state index contributed by atoms with van der Waals surface area (Å²) in [5.74, 6) is 0. The van der Waals surface area contributed by atoms with Gasteiger partial charge in [0, 0.05) is 28.2 Å². The van der Waals surface area contributed by atoms with Gasteiger partial charge in [0.05, 0.1) is 13.2 Å². The lowest BCUT2D eigenvalue weighted by Crippen LogP contribution is -2.32.